The molecule has 3 aromatic heterocycles. The van der Waals surface area contributed by atoms with E-state index in [1.807, 2.05) is 53.9 Å². The van der Waals surface area contributed by atoms with Gasteiger partial charge in [0.1, 0.15) is 0 Å². The summed E-state index contributed by atoms with van der Waals surface area (Å²) >= 11 is 1.84. The van der Waals surface area contributed by atoms with Crippen molar-refractivity contribution in [3.63, 3.8) is 0 Å². The number of fused-ring (bicyclic) bond motifs is 3. The fourth-order valence-electron chi connectivity index (χ4n) is 7.33. The van der Waals surface area contributed by atoms with Gasteiger partial charge in [0.25, 0.3) is 0 Å². The van der Waals surface area contributed by atoms with Crippen molar-refractivity contribution in [2.45, 2.75) is 0 Å². The molecule has 0 radical (unpaired) electrons. The summed E-state index contributed by atoms with van der Waals surface area (Å²) in [5.41, 5.74) is 13.7. The smallest absolute Gasteiger partial charge is 0.160 e. The molecule has 0 saturated heterocycles. The molecule has 0 aliphatic carbocycles. The first kappa shape index (κ1) is 32.6. The monoisotopic (exact) mass is 719 g/mol. The molecule has 258 valence electrons. The van der Waals surface area contributed by atoms with E-state index in [2.05, 4.69) is 163 Å². The lowest BCUT2D eigenvalue weighted by atomic mass is 9.92. The highest BCUT2D eigenvalue weighted by atomic mass is 32.1. The molecular weight excluding hydrogens is 687 g/mol. The first-order chi connectivity index (χ1) is 27.2. The Morgan fingerprint density at radius 3 is 1.55 bits per heavy atom. The van der Waals surface area contributed by atoms with Crippen LogP contribution in [0.2, 0.25) is 0 Å². The molecule has 0 atom stereocenters. The molecule has 7 aromatic carbocycles. The van der Waals surface area contributed by atoms with Crippen LogP contribution in [-0.2, 0) is 0 Å². The highest BCUT2D eigenvalue weighted by Gasteiger charge is 2.15. The summed E-state index contributed by atoms with van der Waals surface area (Å²) in [6, 6.07) is 68.7. The normalized spacial score (nSPS) is 11.3. The number of nitrogens with zero attached hydrogens (tertiary/aromatic N) is 3. The van der Waals surface area contributed by atoms with Gasteiger partial charge in [-0.2, -0.15) is 0 Å². The average Bonchev–Trinajstić information content (AvgIpc) is 3.65. The zero-order valence-electron chi connectivity index (χ0n) is 29.8. The van der Waals surface area contributed by atoms with Crippen LogP contribution in [0.5, 0.6) is 0 Å². The quantitative estimate of drug-likeness (QED) is 0.165. The number of rotatable bonds is 7. The van der Waals surface area contributed by atoms with E-state index in [9.17, 15) is 0 Å². The second-order valence-electron chi connectivity index (χ2n) is 13.7. The maximum absolute atomic E-state index is 5.26. The number of thiophene rings is 1. The van der Waals surface area contributed by atoms with Crippen LogP contribution in [0.3, 0.4) is 0 Å². The van der Waals surface area contributed by atoms with Crippen molar-refractivity contribution in [1.82, 2.24) is 15.0 Å². The Kier molecular flexibility index (Phi) is 8.36. The minimum atomic E-state index is 0.686. The van der Waals surface area contributed by atoms with Crippen LogP contribution in [0.4, 0.5) is 0 Å². The van der Waals surface area contributed by atoms with Gasteiger partial charge in [-0.3, -0.25) is 4.98 Å². The molecule has 4 heteroatoms. The van der Waals surface area contributed by atoms with Gasteiger partial charge in [0.15, 0.2) is 5.82 Å². The highest BCUT2D eigenvalue weighted by molar-refractivity contribution is 7.25. The molecular formula is C51H33N3S. The second-order valence-corrected chi connectivity index (χ2v) is 14.8. The first-order valence-electron chi connectivity index (χ1n) is 18.4. The Balaban J connectivity index is 1.16. The van der Waals surface area contributed by atoms with Crippen LogP contribution in [0, 0.1) is 0 Å². The maximum atomic E-state index is 5.26. The van der Waals surface area contributed by atoms with Gasteiger partial charge >= 0.3 is 0 Å². The average molecular weight is 720 g/mol. The molecule has 55 heavy (non-hydrogen) atoms. The lowest BCUT2D eigenvalue weighted by Gasteiger charge is -2.14. The lowest BCUT2D eigenvalue weighted by molar-refractivity contribution is 1.18. The maximum Gasteiger partial charge on any atom is 0.160 e. The predicted molar refractivity (Wildman–Crippen MR) is 231 cm³/mol. The molecule has 0 N–H and O–H groups in total. The molecule has 10 rings (SSSR count). The molecule has 0 aliphatic heterocycles. The minimum absolute atomic E-state index is 0.686. The summed E-state index contributed by atoms with van der Waals surface area (Å²) in [5.74, 6) is 0.686. The minimum Gasteiger partial charge on any atom is -0.256 e. The van der Waals surface area contributed by atoms with Gasteiger partial charge in [-0.05, 0) is 94.0 Å². The molecule has 0 bridgehead atoms. The summed E-state index contributed by atoms with van der Waals surface area (Å²) < 4.78 is 2.59. The number of aromatic nitrogens is 3. The number of hydrogen-bond donors (Lipinski definition) is 0. The molecule has 0 amide bonds. The summed E-state index contributed by atoms with van der Waals surface area (Å²) in [6.07, 6.45) is 1.83. The largest absolute Gasteiger partial charge is 0.256 e. The van der Waals surface area contributed by atoms with E-state index in [1.165, 1.54) is 36.9 Å². The first-order valence-corrected chi connectivity index (χ1v) is 19.2. The lowest BCUT2D eigenvalue weighted by Crippen LogP contribution is -1.96. The number of benzene rings is 7. The molecule has 0 saturated carbocycles. The summed E-state index contributed by atoms with van der Waals surface area (Å²) in [5, 5.41) is 2.57. The summed E-state index contributed by atoms with van der Waals surface area (Å²) in [4.78, 5) is 15.0. The third-order valence-electron chi connectivity index (χ3n) is 10.1. The van der Waals surface area contributed by atoms with Crippen LogP contribution in [0.15, 0.2) is 200 Å². The predicted octanol–water partition coefficient (Wildman–Crippen LogP) is 13.9. The van der Waals surface area contributed by atoms with Gasteiger partial charge in [0.05, 0.1) is 17.1 Å². The van der Waals surface area contributed by atoms with Gasteiger partial charge < -0.3 is 0 Å². The van der Waals surface area contributed by atoms with Gasteiger partial charge in [-0.15, -0.1) is 11.3 Å². The number of pyridine rings is 1. The van der Waals surface area contributed by atoms with Gasteiger partial charge in [0, 0.05) is 48.6 Å². The third kappa shape index (κ3) is 6.50. The second kappa shape index (κ2) is 14.1. The van der Waals surface area contributed by atoms with E-state index < -0.39 is 0 Å². The summed E-state index contributed by atoms with van der Waals surface area (Å²) in [6.45, 7) is 0. The van der Waals surface area contributed by atoms with Crippen molar-refractivity contribution in [2.24, 2.45) is 0 Å². The van der Waals surface area contributed by atoms with Crippen molar-refractivity contribution < 1.29 is 0 Å². The van der Waals surface area contributed by atoms with Crippen molar-refractivity contribution in [2.75, 3.05) is 0 Å². The van der Waals surface area contributed by atoms with Crippen LogP contribution in [0.25, 0.3) is 98.7 Å². The van der Waals surface area contributed by atoms with E-state index >= 15 is 0 Å². The van der Waals surface area contributed by atoms with Gasteiger partial charge in [0.2, 0.25) is 0 Å². The molecule has 0 spiro atoms. The van der Waals surface area contributed by atoms with Crippen LogP contribution in [-0.4, -0.2) is 15.0 Å². The zero-order valence-corrected chi connectivity index (χ0v) is 30.6. The Morgan fingerprint density at radius 1 is 0.291 bits per heavy atom. The molecule has 10 aromatic rings. The Morgan fingerprint density at radius 2 is 0.818 bits per heavy atom. The van der Waals surface area contributed by atoms with Gasteiger partial charge in [-0.25, -0.2) is 9.97 Å². The van der Waals surface area contributed by atoms with Crippen molar-refractivity contribution in [3.05, 3.63) is 200 Å². The van der Waals surface area contributed by atoms with E-state index in [0.717, 1.165) is 56.0 Å². The van der Waals surface area contributed by atoms with E-state index in [1.54, 1.807) is 0 Å². The Hall–Kier alpha value is -7.01. The van der Waals surface area contributed by atoms with Crippen LogP contribution >= 0.6 is 11.3 Å². The van der Waals surface area contributed by atoms with Gasteiger partial charge in [-0.1, -0.05) is 133 Å². The highest BCUT2D eigenvalue weighted by Crippen LogP contribution is 2.39. The molecule has 0 unspecified atom stereocenters. The Bertz CT molecular complexity index is 2950. The topological polar surface area (TPSA) is 38.7 Å². The molecule has 0 aliphatic rings. The Labute approximate surface area is 323 Å². The number of hydrogen-bond acceptors (Lipinski definition) is 4. The van der Waals surface area contributed by atoms with E-state index in [-0.39, 0.29) is 0 Å². The summed E-state index contributed by atoms with van der Waals surface area (Å²) in [7, 11) is 0. The van der Waals surface area contributed by atoms with E-state index in [4.69, 9.17) is 9.97 Å². The van der Waals surface area contributed by atoms with Crippen molar-refractivity contribution >= 4 is 31.5 Å². The van der Waals surface area contributed by atoms with Crippen molar-refractivity contribution in [1.29, 1.82) is 0 Å². The fraction of sp³-hybridized carbons (Fsp3) is 0. The SMILES string of the molecule is c1ccc(-c2cccc(-c3cc(-c4ccc5sc6ccccc6c5c4)cc(-c4cc(-c5ccc(-c6ccccn6)cc5)nc(-c5ccccc5)n4)c3)c2)cc1. The molecule has 0 fully saturated rings. The van der Waals surface area contributed by atoms with E-state index in [0.29, 0.717) is 5.82 Å². The third-order valence-corrected chi connectivity index (χ3v) is 11.3. The molecule has 3 nitrogen and oxygen atoms in total. The van der Waals surface area contributed by atoms with Crippen LogP contribution in [0.1, 0.15) is 0 Å². The fourth-order valence-corrected chi connectivity index (χ4v) is 8.41. The standard InChI is InChI=1S/C51H33N3S/c1-3-12-34(13-4-1)38-16-11-17-39(28-38)41-29-42(40-25-26-50-45(32-40)44-18-7-8-20-49(44)55-50)31-43(30-41)48-33-47(53-51(54-48)37-14-5-2-6-15-37)36-23-21-35(22-24-36)46-19-9-10-27-52-46/h1-33H. The van der Waals surface area contributed by atoms with Crippen LogP contribution < -0.4 is 0 Å². The molecule has 3 heterocycles. The zero-order chi connectivity index (χ0) is 36.6. The van der Waals surface area contributed by atoms with Crippen molar-refractivity contribution in [3.8, 4) is 78.5 Å².